The molecule has 0 fully saturated rings. The van der Waals surface area contributed by atoms with Gasteiger partial charge in [0, 0.05) is 5.56 Å². The number of ether oxygens (including phenoxy) is 1. The van der Waals surface area contributed by atoms with Gasteiger partial charge in [-0.05, 0) is 64.8 Å². The molecule has 0 spiro atoms. The number of alkyl halides is 2. The van der Waals surface area contributed by atoms with Crippen molar-refractivity contribution in [3.63, 3.8) is 0 Å². The minimum absolute atomic E-state index is 0.164. The van der Waals surface area contributed by atoms with E-state index >= 15 is 0 Å². The summed E-state index contributed by atoms with van der Waals surface area (Å²) >= 11 is 3.37. The highest BCUT2D eigenvalue weighted by atomic mass is 79.9. The predicted octanol–water partition coefficient (Wildman–Crippen LogP) is 3.95. The van der Waals surface area contributed by atoms with Gasteiger partial charge in [-0.3, -0.25) is 4.79 Å². The van der Waals surface area contributed by atoms with Crippen LogP contribution in [0.5, 0.6) is 5.75 Å². The zero-order valence-electron chi connectivity index (χ0n) is 13.9. The van der Waals surface area contributed by atoms with Crippen molar-refractivity contribution in [3.05, 3.63) is 58.1 Å². The van der Waals surface area contributed by atoms with E-state index in [1.165, 1.54) is 12.1 Å². The second-order valence-corrected chi connectivity index (χ2v) is 8.19. The van der Waals surface area contributed by atoms with Crippen LogP contribution in [-0.2, 0) is 9.84 Å². The molecule has 0 bridgehead atoms. The number of methoxy groups -OCH3 is 1. The first kappa shape index (κ1) is 20.3. The van der Waals surface area contributed by atoms with Gasteiger partial charge in [0.05, 0.1) is 22.5 Å². The second-order valence-electron chi connectivity index (χ2n) is 5.42. The molecule has 0 radical (unpaired) electrons. The van der Waals surface area contributed by atoms with Gasteiger partial charge in [-0.15, -0.1) is 0 Å². The zero-order valence-corrected chi connectivity index (χ0v) is 16.3. The minimum atomic E-state index is -4.68. The van der Waals surface area contributed by atoms with Crippen LogP contribution in [0.3, 0.4) is 0 Å². The Balaban J connectivity index is 2.13. The lowest BCUT2D eigenvalue weighted by Crippen LogP contribution is -2.26. The minimum Gasteiger partial charge on any atom is -0.496 e. The molecule has 2 aromatic rings. The number of sulfone groups is 1. The van der Waals surface area contributed by atoms with Gasteiger partial charge in [-0.2, -0.15) is 8.78 Å². The molecular weight excluding hydrogens is 432 g/mol. The Morgan fingerprint density at radius 2 is 1.77 bits per heavy atom. The van der Waals surface area contributed by atoms with Crippen LogP contribution in [0.15, 0.2) is 51.8 Å². The van der Waals surface area contributed by atoms with E-state index in [0.29, 0.717) is 5.75 Å². The molecule has 1 atom stereocenters. The predicted molar refractivity (Wildman–Crippen MR) is 96.2 cm³/mol. The highest BCUT2D eigenvalue weighted by Gasteiger charge is 2.26. The molecule has 1 amide bonds. The van der Waals surface area contributed by atoms with Gasteiger partial charge in [0.25, 0.3) is 5.91 Å². The molecule has 0 aliphatic carbocycles. The molecule has 2 rings (SSSR count). The molecule has 0 aliphatic rings. The summed E-state index contributed by atoms with van der Waals surface area (Å²) < 4.78 is 53.7. The third-order valence-electron chi connectivity index (χ3n) is 3.70. The van der Waals surface area contributed by atoms with E-state index in [0.717, 1.165) is 22.2 Å². The summed E-state index contributed by atoms with van der Waals surface area (Å²) in [5.74, 6) is -3.30. The number of hydrogen-bond acceptors (Lipinski definition) is 4. The first-order chi connectivity index (χ1) is 12.2. The SMILES string of the molecule is COc1ccc(C(C)NC(=O)c2ccc(S(=O)(=O)C(F)F)cc2)cc1Br. The van der Waals surface area contributed by atoms with Crippen LogP contribution < -0.4 is 10.1 Å². The Hall–Kier alpha value is -2.00. The quantitative estimate of drug-likeness (QED) is 0.727. The molecule has 0 aliphatic heterocycles. The third-order valence-corrected chi connectivity index (χ3v) is 5.72. The summed E-state index contributed by atoms with van der Waals surface area (Å²) in [4.78, 5) is 11.8. The summed E-state index contributed by atoms with van der Waals surface area (Å²) in [5.41, 5.74) is 0.987. The standard InChI is InChI=1S/C17H16BrF2NO4S/c1-10(12-5-8-15(25-2)14(18)9-12)21-16(22)11-3-6-13(7-4-11)26(23,24)17(19)20/h3-10,17H,1-2H3,(H,21,22). The molecule has 9 heteroatoms. The molecule has 1 unspecified atom stereocenters. The number of amides is 1. The Bertz CT molecular complexity index is 901. The number of benzene rings is 2. The number of carbonyl (C=O) groups is 1. The average molecular weight is 448 g/mol. The van der Waals surface area contributed by atoms with Crippen LogP contribution in [0, 0.1) is 0 Å². The molecule has 0 saturated carbocycles. The van der Waals surface area contributed by atoms with E-state index in [4.69, 9.17) is 4.74 Å². The van der Waals surface area contributed by atoms with E-state index in [9.17, 15) is 22.0 Å². The maximum atomic E-state index is 12.5. The normalized spacial score (nSPS) is 12.7. The Morgan fingerprint density at radius 3 is 2.27 bits per heavy atom. The largest absolute Gasteiger partial charge is 0.496 e. The third kappa shape index (κ3) is 4.39. The van der Waals surface area contributed by atoms with Crippen LogP contribution in [0.1, 0.15) is 28.9 Å². The van der Waals surface area contributed by atoms with Crippen molar-refractivity contribution >= 4 is 31.7 Å². The van der Waals surface area contributed by atoms with Crippen molar-refractivity contribution in [1.29, 1.82) is 0 Å². The molecule has 5 nitrogen and oxygen atoms in total. The Kier molecular flexibility index (Phi) is 6.35. The van der Waals surface area contributed by atoms with E-state index < -0.39 is 26.4 Å². The fraction of sp³-hybridized carbons (Fsp3) is 0.235. The van der Waals surface area contributed by atoms with Crippen LogP contribution in [0.4, 0.5) is 8.78 Å². The number of hydrogen-bond donors (Lipinski definition) is 1. The van der Waals surface area contributed by atoms with Crippen LogP contribution in [0.25, 0.3) is 0 Å². The monoisotopic (exact) mass is 447 g/mol. The van der Waals surface area contributed by atoms with Crippen LogP contribution in [0.2, 0.25) is 0 Å². The number of halogens is 3. The van der Waals surface area contributed by atoms with Crippen molar-refractivity contribution in [1.82, 2.24) is 5.32 Å². The maximum Gasteiger partial charge on any atom is 0.341 e. The second kappa shape index (κ2) is 8.13. The van der Waals surface area contributed by atoms with Crippen LogP contribution in [-0.4, -0.2) is 27.2 Å². The molecule has 140 valence electrons. The highest BCUT2D eigenvalue weighted by Crippen LogP contribution is 2.28. The van der Waals surface area contributed by atoms with Crippen molar-refractivity contribution < 1.29 is 26.7 Å². The maximum absolute atomic E-state index is 12.5. The smallest absolute Gasteiger partial charge is 0.341 e. The van der Waals surface area contributed by atoms with Gasteiger partial charge >= 0.3 is 5.76 Å². The van der Waals surface area contributed by atoms with Gasteiger partial charge < -0.3 is 10.1 Å². The van der Waals surface area contributed by atoms with Crippen molar-refractivity contribution in [2.75, 3.05) is 7.11 Å². The van der Waals surface area contributed by atoms with E-state index in [1.807, 2.05) is 6.07 Å². The summed E-state index contributed by atoms with van der Waals surface area (Å²) in [7, 11) is -3.13. The van der Waals surface area contributed by atoms with Crippen molar-refractivity contribution in [2.45, 2.75) is 23.6 Å². The van der Waals surface area contributed by atoms with Crippen molar-refractivity contribution in [3.8, 4) is 5.75 Å². The van der Waals surface area contributed by atoms with Gasteiger partial charge in [-0.1, -0.05) is 6.07 Å². The highest BCUT2D eigenvalue weighted by molar-refractivity contribution is 9.10. The molecule has 0 heterocycles. The van der Waals surface area contributed by atoms with Crippen molar-refractivity contribution in [2.24, 2.45) is 0 Å². The van der Waals surface area contributed by atoms with E-state index in [-0.39, 0.29) is 11.6 Å². The lowest BCUT2D eigenvalue weighted by atomic mass is 10.1. The fourth-order valence-corrected chi connectivity index (χ4v) is 3.49. The van der Waals surface area contributed by atoms with Gasteiger partial charge in [0.2, 0.25) is 9.84 Å². The van der Waals surface area contributed by atoms with Gasteiger partial charge in [0.15, 0.2) is 0 Å². The summed E-state index contributed by atoms with van der Waals surface area (Å²) in [6.45, 7) is 1.78. The Labute approximate surface area is 158 Å². The number of carbonyl (C=O) groups excluding carboxylic acids is 1. The summed E-state index contributed by atoms with van der Waals surface area (Å²) in [6.07, 6.45) is 0. The molecule has 0 aromatic heterocycles. The lowest BCUT2D eigenvalue weighted by Gasteiger charge is -2.16. The van der Waals surface area contributed by atoms with Crippen LogP contribution >= 0.6 is 15.9 Å². The zero-order chi connectivity index (χ0) is 19.5. The first-order valence-electron chi connectivity index (χ1n) is 7.43. The molecule has 0 saturated heterocycles. The topological polar surface area (TPSA) is 72.5 Å². The summed E-state index contributed by atoms with van der Waals surface area (Å²) in [5, 5.41) is 2.76. The summed E-state index contributed by atoms with van der Waals surface area (Å²) in [6, 6.07) is 9.40. The lowest BCUT2D eigenvalue weighted by molar-refractivity contribution is 0.0940. The first-order valence-corrected chi connectivity index (χ1v) is 9.77. The molecule has 1 N–H and O–H groups in total. The average Bonchev–Trinajstić information content (AvgIpc) is 2.61. The van der Waals surface area contributed by atoms with Gasteiger partial charge in [0.1, 0.15) is 5.75 Å². The fourth-order valence-electron chi connectivity index (χ4n) is 2.21. The Morgan fingerprint density at radius 1 is 1.15 bits per heavy atom. The van der Waals surface area contributed by atoms with E-state index in [1.54, 1.807) is 26.2 Å². The van der Waals surface area contributed by atoms with E-state index in [2.05, 4.69) is 21.2 Å². The number of nitrogens with one attached hydrogen (secondary N) is 1. The molecule has 26 heavy (non-hydrogen) atoms. The number of rotatable bonds is 6. The molecular formula is C17H16BrF2NO4S. The van der Waals surface area contributed by atoms with Gasteiger partial charge in [-0.25, -0.2) is 8.42 Å². The molecule has 2 aromatic carbocycles.